The first-order valence-corrected chi connectivity index (χ1v) is 13.1. The van der Waals surface area contributed by atoms with Crippen LogP contribution in [0.1, 0.15) is 26.3 Å². The van der Waals surface area contributed by atoms with E-state index in [0.717, 1.165) is 6.07 Å². The molecule has 0 radical (unpaired) electrons. The lowest BCUT2D eigenvalue weighted by Crippen LogP contribution is -2.64. The van der Waals surface area contributed by atoms with E-state index in [9.17, 15) is 23.1 Å². The molecule has 1 amide bonds. The normalized spacial score (nSPS) is 17.5. The van der Waals surface area contributed by atoms with Gasteiger partial charge in [-0.1, -0.05) is 44.5 Å². The minimum Gasteiger partial charge on any atom is -0.493 e. The zero-order chi connectivity index (χ0) is 27.5. The van der Waals surface area contributed by atoms with Crippen LogP contribution in [0.15, 0.2) is 36.4 Å². The summed E-state index contributed by atoms with van der Waals surface area (Å²) in [7, 11) is 0. The van der Waals surface area contributed by atoms with Gasteiger partial charge in [-0.3, -0.25) is 5.01 Å². The second-order valence-electron chi connectivity index (χ2n) is 9.76. The zero-order valence-corrected chi connectivity index (χ0v) is 22.3. The van der Waals surface area contributed by atoms with Crippen molar-refractivity contribution in [2.45, 2.75) is 33.0 Å². The van der Waals surface area contributed by atoms with Gasteiger partial charge in [0.15, 0.2) is 6.19 Å². The van der Waals surface area contributed by atoms with Crippen molar-refractivity contribution in [2.24, 2.45) is 11.3 Å². The molecule has 0 saturated carbocycles. The Morgan fingerprint density at radius 2 is 1.95 bits per heavy atom. The second-order valence-corrected chi connectivity index (χ2v) is 11.0. The molecule has 1 aliphatic heterocycles. The molecule has 1 fully saturated rings. The maximum Gasteiger partial charge on any atom is 0.417 e. The topological polar surface area (TPSA) is 88.8 Å². The lowest BCUT2D eigenvalue weighted by molar-refractivity contribution is -0.137. The van der Waals surface area contributed by atoms with Gasteiger partial charge in [0.2, 0.25) is 0 Å². The number of hydrogen-bond acceptors (Lipinski definition) is 6. The van der Waals surface area contributed by atoms with Crippen molar-refractivity contribution in [2.75, 3.05) is 30.3 Å². The number of nitrogens with one attached hydrogen (secondary N) is 1. The van der Waals surface area contributed by atoms with Crippen LogP contribution in [0.4, 0.5) is 23.7 Å². The number of hydrazine groups is 1. The molecule has 0 aromatic heterocycles. The monoisotopic (exact) mass is 556 g/mol. The Morgan fingerprint density at radius 3 is 2.46 bits per heavy atom. The van der Waals surface area contributed by atoms with Crippen molar-refractivity contribution in [3.05, 3.63) is 47.0 Å². The van der Waals surface area contributed by atoms with Crippen molar-refractivity contribution >= 4 is 35.1 Å². The third-order valence-corrected chi connectivity index (χ3v) is 6.90. The van der Waals surface area contributed by atoms with Gasteiger partial charge < -0.3 is 14.7 Å². The number of carboxylic acid groups (broad SMARTS) is 1. The molecule has 1 aliphatic rings. The summed E-state index contributed by atoms with van der Waals surface area (Å²) in [6.07, 6.45) is -2.18. The maximum atomic E-state index is 14.0. The predicted molar refractivity (Wildman–Crippen MR) is 138 cm³/mol. The SMILES string of the molecule is CSCN(NC#N)c1cc(Cl)c(-c2ccc(OCC3CN(C(=O)O)C3C(C)(C)C)cc2)c(C(F)(F)F)c1. The molecule has 2 atom stereocenters. The largest absolute Gasteiger partial charge is 0.493 e. The molecule has 12 heteroatoms. The highest BCUT2D eigenvalue weighted by Crippen LogP contribution is 2.44. The number of ether oxygens (including phenoxy) is 1. The van der Waals surface area contributed by atoms with E-state index in [-0.39, 0.29) is 51.7 Å². The van der Waals surface area contributed by atoms with Gasteiger partial charge in [0.1, 0.15) is 5.75 Å². The molecule has 7 nitrogen and oxygen atoms in total. The Bertz CT molecular complexity index is 1170. The molecule has 0 bridgehead atoms. The van der Waals surface area contributed by atoms with Crippen LogP contribution in [0.25, 0.3) is 11.1 Å². The Morgan fingerprint density at radius 1 is 1.30 bits per heavy atom. The number of alkyl halides is 3. The summed E-state index contributed by atoms with van der Waals surface area (Å²) in [5.41, 5.74) is 1.38. The van der Waals surface area contributed by atoms with Crippen LogP contribution in [0.5, 0.6) is 5.75 Å². The number of carbonyl (C=O) groups is 1. The number of likely N-dealkylation sites (tertiary alicyclic amines) is 1. The summed E-state index contributed by atoms with van der Waals surface area (Å²) < 4.78 is 48.0. The van der Waals surface area contributed by atoms with Gasteiger partial charge in [-0.25, -0.2) is 10.2 Å². The molecule has 37 heavy (non-hydrogen) atoms. The van der Waals surface area contributed by atoms with Crippen LogP contribution >= 0.6 is 23.4 Å². The smallest absolute Gasteiger partial charge is 0.417 e. The maximum absolute atomic E-state index is 14.0. The first kappa shape index (κ1) is 28.6. The van der Waals surface area contributed by atoms with Gasteiger partial charge >= 0.3 is 12.3 Å². The van der Waals surface area contributed by atoms with Crippen LogP contribution in [0.3, 0.4) is 0 Å². The van der Waals surface area contributed by atoms with Gasteiger partial charge in [0.25, 0.3) is 0 Å². The fourth-order valence-corrected chi connectivity index (χ4v) is 5.44. The minimum absolute atomic E-state index is 0.000784. The van der Waals surface area contributed by atoms with E-state index in [4.69, 9.17) is 21.6 Å². The van der Waals surface area contributed by atoms with Crippen LogP contribution < -0.4 is 15.2 Å². The molecule has 2 N–H and O–H groups in total. The number of halogens is 4. The number of rotatable bonds is 8. The van der Waals surface area contributed by atoms with Crippen molar-refractivity contribution < 1.29 is 27.8 Å². The summed E-state index contributed by atoms with van der Waals surface area (Å²) in [5.74, 6) is 0.685. The Labute approximate surface area is 223 Å². The lowest BCUT2D eigenvalue weighted by atomic mass is 9.72. The van der Waals surface area contributed by atoms with E-state index in [1.165, 1.54) is 39.9 Å². The summed E-state index contributed by atoms with van der Waals surface area (Å²) in [6.45, 7) is 6.56. The summed E-state index contributed by atoms with van der Waals surface area (Å²) in [4.78, 5) is 12.8. The van der Waals surface area contributed by atoms with Crippen molar-refractivity contribution in [1.29, 1.82) is 5.26 Å². The number of benzene rings is 2. The van der Waals surface area contributed by atoms with E-state index in [1.54, 1.807) is 24.6 Å². The second kappa shape index (κ2) is 11.2. The number of thioether (sulfide) groups is 1. The van der Waals surface area contributed by atoms with Crippen molar-refractivity contribution in [3.8, 4) is 23.1 Å². The first-order valence-electron chi connectivity index (χ1n) is 11.3. The number of hydrogen-bond donors (Lipinski definition) is 2. The minimum atomic E-state index is -4.69. The molecule has 0 aliphatic carbocycles. The third kappa shape index (κ3) is 6.48. The molecule has 2 aromatic carbocycles. The molecular weight excluding hydrogens is 529 g/mol. The van der Waals surface area contributed by atoms with Gasteiger partial charge in [-0.15, -0.1) is 11.8 Å². The van der Waals surface area contributed by atoms with E-state index in [1.807, 2.05) is 20.8 Å². The highest BCUT2D eigenvalue weighted by Gasteiger charge is 2.48. The highest BCUT2D eigenvalue weighted by atomic mass is 35.5. The Balaban J connectivity index is 1.84. The van der Waals surface area contributed by atoms with E-state index >= 15 is 0 Å². The Hall–Kier alpha value is -2.97. The highest BCUT2D eigenvalue weighted by molar-refractivity contribution is 7.98. The van der Waals surface area contributed by atoms with Gasteiger partial charge in [-0.2, -0.15) is 18.4 Å². The van der Waals surface area contributed by atoms with Crippen molar-refractivity contribution in [1.82, 2.24) is 10.3 Å². The lowest BCUT2D eigenvalue weighted by Gasteiger charge is -2.52. The molecule has 200 valence electrons. The molecule has 1 saturated heterocycles. The van der Waals surface area contributed by atoms with Crippen LogP contribution in [-0.2, 0) is 6.18 Å². The summed E-state index contributed by atoms with van der Waals surface area (Å²) >= 11 is 7.68. The van der Waals surface area contributed by atoms with Crippen LogP contribution in [0, 0.1) is 22.8 Å². The van der Waals surface area contributed by atoms with Crippen LogP contribution in [0.2, 0.25) is 5.02 Å². The summed E-state index contributed by atoms with van der Waals surface area (Å²) in [6, 6.07) is 8.29. The van der Waals surface area contributed by atoms with Crippen molar-refractivity contribution in [3.63, 3.8) is 0 Å². The van der Waals surface area contributed by atoms with Gasteiger partial charge in [0, 0.05) is 24.1 Å². The first-order chi connectivity index (χ1) is 17.3. The third-order valence-electron chi connectivity index (χ3n) is 6.09. The fraction of sp³-hybridized carbons (Fsp3) is 0.440. The van der Waals surface area contributed by atoms with E-state index in [2.05, 4.69) is 5.43 Å². The summed E-state index contributed by atoms with van der Waals surface area (Å²) in [5, 5.41) is 19.5. The average molecular weight is 557 g/mol. The molecule has 2 unspecified atom stereocenters. The van der Waals surface area contributed by atoms with Crippen LogP contribution in [-0.4, -0.2) is 47.4 Å². The number of nitrogens with zero attached hydrogens (tertiary/aromatic N) is 3. The Kier molecular flexibility index (Phi) is 8.65. The fourth-order valence-electron chi connectivity index (χ4n) is 4.65. The number of amides is 1. The van der Waals surface area contributed by atoms with E-state index < -0.39 is 17.8 Å². The zero-order valence-electron chi connectivity index (χ0n) is 20.8. The quantitative estimate of drug-likeness (QED) is 0.165. The molecular formula is C25H28ClF3N4O3S. The number of nitriles is 1. The average Bonchev–Trinajstić information content (AvgIpc) is 2.76. The molecule has 3 rings (SSSR count). The van der Waals surface area contributed by atoms with Gasteiger partial charge in [-0.05, 0) is 41.5 Å². The van der Waals surface area contributed by atoms with Gasteiger partial charge in [0.05, 0.1) is 28.8 Å². The predicted octanol–water partition coefficient (Wildman–Crippen LogP) is 6.54. The molecule has 0 spiro atoms. The van der Waals surface area contributed by atoms with E-state index in [0.29, 0.717) is 12.3 Å². The molecule has 1 heterocycles. The molecule has 2 aromatic rings. The standard InChI is InChI=1S/C25H28ClF3N4O3S/c1-24(2,3)22-16(11-32(22)23(34)35)12-36-18-7-5-15(6-8-18)21-19(25(27,28)29)9-17(10-20(21)26)33(14-37-4)31-13-30/h5-10,16,22,31H,11-12,14H2,1-4H3,(H,34,35). The number of anilines is 1.